The van der Waals surface area contributed by atoms with Crippen LogP contribution in [0.5, 0.6) is 5.75 Å². The third-order valence-electron chi connectivity index (χ3n) is 4.48. The lowest BCUT2D eigenvalue weighted by Crippen LogP contribution is -2.36. The van der Waals surface area contributed by atoms with Gasteiger partial charge in [-0.3, -0.25) is 9.69 Å². The number of nitrogens with zero attached hydrogens (tertiary/aromatic N) is 3. The number of likely N-dealkylation sites (N-methyl/N-ethyl adjacent to an activating group) is 1. The van der Waals surface area contributed by atoms with Gasteiger partial charge in [-0.15, -0.1) is 24.2 Å². The molecular weight excluding hydrogens is 438 g/mol. The van der Waals surface area contributed by atoms with Crippen LogP contribution in [0.25, 0.3) is 10.2 Å². The minimum Gasteiger partial charge on any atom is -0.497 e. The Bertz CT molecular complexity index is 961. The number of thioether (sulfide) groups is 1. The van der Waals surface area contributed by atoms with Gasteiger partial charge >= 0.3 is 0 Å². The van der Waals surface area contributed by atoms with Gasteiger partial charge in [0.1, 0.15) is 5.75 Å². The monoisotopic (exact) mass is 465 g/mol. The van der Waals surface area contributed by atoms with Crippen LogP contribution in [0.3, 0.4) is 0 Å². The Hall–Kier alpha value is -1.80. The molecule has 0 radical (unpaired) electrons. The Labute approximate surface area is 192 Å². The minimum absolute atomic E-state index is 0. The highest BCUT2D eigenvalue weighted by Crippen LogP contribution is 2.30. The van der Waals surface area contributed by atoms with Gasteiger partial charge in [0, 0.05) is 30.2 Å². The lowest BCUT2D eigenvalue weighted by molar-refractivity contribution is -0.118. The number of halogens is 1. The normalized spacial score (nSPS) is 10.8. The van der Waals surface area contributed by atoms with Gasteiger partial charge in [-0.25, -0.2) is 4.98 Å². The second kappa shape index (κ2) is 11.6. The van der Waals surface area contributed by atoms with E-state index in [0.717, 1.165) is 38.3 Å². The maximum atomic E-state index is 13.0. The third kappa shape index (κ3) is 6.60. The number of benzene rings is 2. The van der Waals surface area contributed by atoms with Gasteiger partial charge in [0.15, 0.2) is 5.13 Å². The number of methoxy groups -OCH3 is 1. The summed E-state index contributed by atoms with van der Waals surface area (Å²) in [7, 11) is 5.69. The smallest absolute Gasteiger partial charge is 0.229 e. The SMILES string of the molecule is COc1ccc(SCCC(=O)N(CCN(C)C)c2nc3ccc(C)cc3s2)cc1.Cl. The largest absolute Gasteiger partial charge is 0.497 e. The lowest BCUT2D eigenvalue weighted by atomic mass is 10.2. The first kappa shape index (κ1) is 24.5. The Morgan fingerprint density at radius 2 is 1.87 bits per heavy atom. The van der Waals surface area contributed by atoms with Crippen molar-refractivity contribution in [1.82, 2.24) is 9.88 Å². The maximum absolute atomic E-state index is 13.0. The first-order valence-corrected chi connectivity index (χ1v) is 11.4. The van der Waals surface area contributed by atoms with Crippen LogP contribution in [0, 0.1) is 6.92 Å². The van der Waals surface area contributed by atoms with Gasteiger partial charge in [-0.1, -0.05) is 17.4 Å². The molecule has 0 unspecified atom stereocenters. The van der Waals surface area contributed by atoms with E-state index in [9.17, 15) is 4.79 Å². The van der Waals surface area contributed by atoms with Gasteiger partial charge in [-0.05, 0) is 63.0 Å². The van der Waals surface area contributed by atoms with Crippen molar-refractivity contribution in [2.24, 2.45) is 0 Å². The zero-order valence-electron chi connectivity index (χ0n) is 17.8. The number of ether oxygens (including phenoxy) is 1. The predicted octanol–water partition coefficient (Wildman–Crippen LogP) is 5.11. The molecule has 1 heterocycles. The summed E-state index contributed by atoms with van der Waals surface area (Å²) >= 11 is 3.27. The average molecular weight is 466 g/mol. The van der Waals surface area contributed by atoms with Crippen molar-refractivity contribution in [1.29, 1.82) is 0 Å². The van der Waals surface area contributed by atoms with Crippen LogP contribution in [0.15, 0.2) is 47.4 Å². The number of hydrogen-bond acceptors (Lipinski definition) is 6. The molecule has 3 rings (SSSR count). The fraction of sp³-hybridized carbons (Fsp3) is 0.364. The molecule has 5 nitrogen and oxygen atoms in total. The molecule has 0 saturated carbocycles. The fourth-order valence-corrected chi connectivity index (χ4v) is 4.77. The van der Waals surface area contributed by atoms with E-state index in [1.165, 1.54) is 5.56 Å². The van der Waals surface area contributed by atoms with E-state index in [2.05, 4.69) is 24.0 Å². The maximum Gasteiger partial charge on any atom is 0.229 e. The van der Waals surface area contributed by atoms with E-state index in [-0.39, 0.29) is 18.3 Å². The van der Waals surface area contributed by atoms with Crippen molar-refractivity contribution in [3.8, 4) is 5.75 Å². The average Bonchev–Trinajstić information content (AvgIpc) is 3.11. The predicted molar refractivity (Wildman–Crippen MR) is 131 cm³/mol. The Kier molecular flexibility index (Phi) is 9.42. The number of thiazole rings is 1. The fourth-order valence-electron chi connectivity index (χ4n) is 2.83. The van der Waals surface area contributed by atoms with Crippen LogP contribution in [0.1, 0.15) is 12.0 Å². The molecule has 0 aliphatic carbocycles. The summed E-state index contributed by atoms with van der Waals surface area (Å²) in [6.07, 6.45) is 0.471. The van der Waals surface area contributed by atoms with E-state index in [4.69, 9.17) is 9.72 Å². The number of hydrogen-bond donors (Lipinski definition) is 0. The van der Waals surface area contributed by atoms with E-state index in [1.807, 2.05) is 49.3 Å². The third-order valence-corrected chi connectivity index (χ3v) is 6.53. The van der Waals surface area contributed by atoms with Gasteiger partial charge in [0.2, 0.25) is 5.91 Å². The summed E-state index contributed by atoms with van der Waals surface area (Å²) in [6.45, 7) is 3.51. The molecule has 0 saturated heterocycles. The number of fused-ring (bicyclic) bond motifs is 1. The van der Waals surface area contributed by atoms with E-state index < -0.39 is 0 Å². The van der Waals surface area contributed by atoms with Crippen molar-refractivity contribution in [3.63, 3.8) is 0 Å². The molecule has 1 aromatic heterocycles. The summed E-state index contributed by atoms with van der Waals surface area (Å²) in [4.78, 5) is 22.8. The van der Waals surface area contributed by atoms with Crippen LogP contribution in [-0.2, 0) is 4.79 Å². The van der Waals surface area contributed by atoms with Crippen LogP contribution in [0.2, 0.25) is 0 Å². The zero-order valence-corrected chi connectivity index (χ0v) is 20.2. The Balaban J connectivity index is 0.00000320. The summed E-state index contributed by atoms with van der Waals surface area (Å²) < 4.78 is 6.31. The number of rotatable bonds is 9. The second-order valence-corrected chi connectivity index (χ2v) is 9.27. The first-order valence-electron chi connectivity index (χ1n) is 9.55. The van der Waals surface area contributed by atoms with Crippen LogP contribution in [-0.4, -0.2) is 55.8 Å². The number of carbonyl (C=O) groups is 1. The highest BCUT2D eigenvalue weighted by molar-refractivity contribution is 7.99. The zero-order chi connectivity index (χ0) is 20.8. The number of aryl methyl sites for hydroxylation is 1. The highest BCUT2D eigenvalue weighted by atomic mass is 35.5. The number of aromatic nitrogens is 1. The highest BCUT2D eigenvalue weighted by Gasteiger charge is 2.19. The van der Waals surface area contributed by atoms with Crippen molar-refractivity contribution in [3.05, 3.63) is 48.0 Å². The number of anilines is 1. The minimum atomic E-state index is 0. The van der Waals surface area contributed by atoms with Crippen molar-refractivity contribution >= 4 is 56.8 Å². The molecule has 0 atom stereocenters. The molecule has 30 heavy (non-hydrogen) atoms. The van der Waals surface area contributed by atoms with Crippen molar-refractivity contribution in [2.75, 3.05) is 44.9 Å². The summed E-state index contributed by atoms with van der Waals surface area (Å²) in [5.74, 6) is 1.68. The van der Waals surface area contributed by atoms with Gasteiger partial charge in [0.25, 0.3) is 0 Å². The molecule has 0 fully saturated rings. The molecule has 2 aromatic carbocycles. The summed E-state index contributed by atoms with van der Waals surface area (Å²) in [5.41, 5.74) is 2.15. The molecule has 0 aliphatic heterocycles. The molecule has 1 amide bonds. The van der Waals surface area contributed by atoms with E-state index >= 15 is 0 Å². The lowest BCUT2D eigenvalue weighted by Gasteiger charge is -2.22. The van der Waals surface area contributed by atoms with Crippen LogP contribution in [0.4, 0.5) is 5.13 Å². The van der Waals surface area contributed by atoms with Crippen LogP contribution >= 0.6 is 35.5 Å². The molecule has 0 aliphatic rings. The molecule has 0 bridgehead atoms. The molecule has 8 heteroatoms. The van der Waals surface area contributed by atoms with Gasteiger partial charge in [-0.2, -0.15) is 0 Å². The van der Waals surface area contributed by atoms with Crippen molar-refractivity contribution in [2.45, 2.75) is 18.2 Å². The topological polar surface area (TPSA) is 45.7 Å². The quantitative estimate of drug-likeness (QED) is 0.411. The molecule has 0 spiro atoms. The second-order valence-electron chi connectivity index (χ2n) is 7.09. The Morgan fingerprint density at radius 1 is 1.13 bits per heavy atom. The molecule has 3 aromatic rings. The standard InChI is InChI=1S/C22H27N3O2S2.ClH/c1-16-5-10-19-20(15-16)29-22(23-19)25(13-12-24(2)3)21(26)11-14-28-18-8-6-17(27-4)7-9-18;/h5-10,15H,11-14H2,1-4H3;1H. The Morgan fingerprint density at radius 3 is 2.53 bits per heavy atom. The summed E-state index contributed by atoms with van der Waals surface area (Å²) in [5, 5.41) is 0.784. The number of carbonyl (C=O) groups excluding carboxylic acids is 1. The van der Waals surface area contributed by atoms with E-state index in [0.29, 0.717) is 13.0 Å². The van der Waals surface area contributed by atoms with E-state index in [1.54, 1.807) is 30.2 Å². The van der Waals surface area contributed by atoms with Gasteiger partial charge < -0.3 is 9.64 Å². The molecule has 162 valence electrons. The van der Waals surface area contributed by atoms with Gasteiger partial charge in [0.05, 0.1) is 17.3 Å². The van der Waals surface area contributed by atoms with Crippen molar-refractivity contribution < 1.29 is 9.53 Å². The first-order chi connectivity index (χ1) is 14.0. The molecule has 0 N–H and O–H groups in total. The van der Waals surface area contributed by atoms with Crippen LogP contribution < -0.4 is 9.64 Å². The number of amides is 1. The summed E-state index contributed by atoms with van der Waals surface area (Å²) in [6, 6.07) is 14.1. The molecular formula is C22H28ClN3O2S2.